The maximum atomic E-state index is 12.6. The standard InChI is InChI=1S/C23H24N2O4/c1-16-3-2-4-17(13-16)5-8-22(26)25-11-9-18(10-12-25)23(27)24-19-6-7-20-21(14-19)29-15-28-20/h2-8,13-14,18H,9-12,15H2,1H3,(H,24,27). The number of fused-ring (bicyclic) bond motifs is 1. The van der Waals surface area contributed by atoms with Gasteiger partial charge in [0, 0.05) is 36.8 Å². The molecule has 29 heavy (non-hydrogen) atoms. The molecule has 2 aliphatic heterocycles. The lowest BCUT2D eigenvalue weighted by Gasteiger charge is -2.30. The molecule has 0 spiro atoms. The fourth-order valence-corrected chi connectivity index (χ4v) is 3.63. The van der Waals surface area contributed by atoms with Gasteiger partial charge in [-0.15, -0.1) is 0 Å². The summed E-state index contributed by atoms with van der Waals surface area (Å²) in [5.74, 6) is 1.19. The van der Waals surface area contributed by atoms with Crippen LogP contribution >= 0.6 is 0 Å². The van der Waals surface area contributed by atoms with Crippen LogP contribution in [0.4, 0.5) is 5.69 Å². The lowest BCUT2D eigenvalue weighted by molar-refractivity contribution is -0.130. The number of carbonyl (C=O) groups excluding carboxylic acids is 2. The fraction of sp³-hybridized carbons (Fsp3) is 0.304. The molecule has 0 aromatic heterocycles. The number of ether oxygens (including phenoxy) is 2. The highest BCUT2D eigenvalue weighted by Gasteiger charge is 2.27. The predicted molar refractivity (Wildman–Crippen MR) is 111 cm³/mol. The molecule has 0 aliphatic carbocycles. The van der Waals surface area contributed by atoms with Crippen LogP contribution in [0.25, 0.3) is 6.08 Å². The average Bonchev–Trinajstić information content (AvgIpc) is 3.20. The highest BCUT2D eigenvalue weighted by molar-refractivity contribution is 5.94. The fourth-order valence-electron chi connectivity index (χ4n) is 3.63. The number of benzene rings is 2. The summed E-state index contributed by atoms with van der Waals surface area (Å²) in [4.78, 5) is 26.8. The van der Waals surface area contributed by atoms with E-state index in [1.807, 2.05) is 37.3 Å². The number of nitrogens with one attached hydrogen (secondary N) is 1. The molecule has 0 unspecified atom stereocenters. The Bertz CT molecular complexity index is 946. The van der Waals surface area contributed by atoms with Crippen LogP contribution in [0.15, 0.2) is 48.5 Å². The van der Waals surface area contributed by atoms with E-state index in [4.69, 9.17) is 9.47 Å². The maximum Gasteiger partial charge on any atom is 0.246 e. The summed E-state index contributed by atoms with van der Waals surface area (Å²) in [6, 6.07) is 13.4. The van der Waals surface area contributed by atoms with E-state index in [-0.39, 0.29) is 24.5 Å². The minimum atomic E-state index is -0.106. The third kappa shape index (κ3) is 4.59. The minimum absolute atomic E-state index is 0.0128. The lowest BCUT2D eigenvalue weighted by atomic mass is 9.95. The summed E-state index contributed by atoms with van der Waals surface area (Å²) in [5.41, 5.74) is 2.86. The first-order valence-corrected chi connectivity index (χ1v) is 9.83. The molecule has 2 aliphatic rings. The summed E-state index contributed by atoms with van der Waals surface area (Å²) in [5, 5.41) is 2.95. The van der Waals surface area contributed by atoms with E-state index in [0.717, 1.165) is 11.1 Å². The smallest absolute Gasteiger partial charge is 0.246 e. The van der Waals surface area contributed by atoms with Gasteiger partial charge < -0.3 is 19.7 Å². The number of aryl methyl sites for hydroxylation is 1. The topological polar surface area (TPSA) is 67.9 Å². The second-order valence-corrected chi connectivity index (χ2v) is 7.40. The first-order valence-electron chi connectivity index (χ1n) is 9.83. The van der Waals surface area contributed by atoms with Crippen LogP contribution in [-0.4, -0.2) is 36.6 Å². The van der Waals surface area contributed by atoms with Gasteiger partial charge in [-0.05, 0) is 43.5 Å². The van der Waals surface area contributed by atoms with Gasteiger partial charge in [0.05, 0.1) is 0 Å². The average molecular weight is 392 g/mol. The summed E-state index contributed by atoms with van der Waals surface area (Å²) < 4.78 is 10.6. The number of hydrogen-bond acceptors (Lipinski definition) is 4. The molecule has 2 amide bonds. The number of piperidine rings is 1. The molecule has 150 valence electrons. The molecule has 0 saturated carbocycles. The molecule has 1 N–H and O–H groups in total. The van der Waals surface area contributed by atoms with Crippen molar-refractivity contribution < 1.29 is 19.1 Å². The maximum absolute atomic E-state index is 12.6. The second kappa shape index (κ2) is 8.39. The van der Waals surface area contributed by atoms with Gasteiger partial charge in [-0.1, -0.05) is 29.8 Å². The summed E-state index contributed by atoms with van der Waals surface area (Å²) in [7, 11) is 0. The van der Waals surface area contributed by atoms with E-state index in [0.29, 0.717) is 43.1 Å². The van der Waals surface area contributed by atoms with E-state index >= 15 is 0 Å². The van der Waals surface area contributed by atoms with E-state index < -0.39 is 0 Å². The van der Waals surface area contributed by atoms with Crippen molar-refractivity contribution in [2.45, 2.75) is 19.8 Å². The van der Waals surface area contributed by atoms with E-state index in [2.05, 4.69) is 5.32 Å². The second-order valence-electron chi connectivity index (χ2n) is 7.40. The Labute approximate surface area is 170 Å². The zero-order valence-electron chi connectivity index (χ0n) is 16.4. The Balaban J connectivity index is 1.28. The normalized spacial score (nSPS) is 16.2. The van der Waals surface area contributed by atoms with Crippen LogP contribution in [0.5, 0.6) is 11.5 Å². The molecular formula is C23H24N2O4. The molecule has 2 aromatic rings. The summed E-state index contributed by atoms with van der Waals surface area (Å²) in [6.45, 7) is 3.39. The van der Waals surface area contributed by atoms with Gasteiger partial charge in [-0.25, -0.2) is 0 Å². The first-order chi connectivity index (χ1) is 14.1. The van der Waals surface area contributed by atoms with Gasteiger partial charge in [0.25, 0.3) is 0 Å². The number of carbonyl (C=O) groups is 2. The van der Waals surface area contributed by atoms with Crippen molar-refractivity contribution in [1.29, 1.82) is 0 Å². The molecule has 2 aromatic carbocycles. The van der Waals surface area contributed by atoms with Crippen LogP contribution < -0.4 is 14.8 Å². The third-order valence-electron chi connectivity index (χ3n) is 5.28. The van der Waals surface area contributed by atoms with Crippen molar-refractivity contribution in [3.63, 3.8) is 0 Å². The van der Waals surface area contributed by atoms with Crippen LogP contribution in [0.1, 0.15) is 24.0 Å². The third-order valence-corrected chi connectivity index (χ3v) is 5.28. The summed E-state index contributed by atoms with van der Waals surface area (Å²) in [6.07, 6.45) is 4.76. The van der Waals surface area contributed by atoms with Crippen molar-refractivity contribution in [2.75, 3.05) is 25.2 Å². The van der Waals surface area contributed by atoms with Gasteiger partial charge in [-0.3, -0.25) is 9.59 Å². The van der Waals surface area contributed by atoms with Crippen molar-refractivity contribution in [3.05, 3.63) is 59.7 Å². The van der Waals surface area contributed by atoms with Crippen LogP contribution in [0.2, 0.25) is 0 Å². The monoisotopic (exact) mass is 392 g/mol. The number of rotatable bonds is 4. The zero-order valence-corrected chi connectivity index (χ0v) is 16.4. The number of anilines is 1. The Morgan fingerprint density at radius 1 is 1.07 bits per heavy atom. The highest BCUT2D eigenvalue weighted by atomic mass is 16.7. The highest BCUT2D eigenvalue weighted by Crippen LogP contribution is 2.34. The van der Waals surface area contributed by atoms with Crippen molar-refractivity contribution in [2.24, 2.45) is 5.92 Å². The predicted octanol–water partition coefficient (Wildman–Crippen LogP) is 3.61. The van der Waals surface area contributed by atoms with E-state index in [9.17, 15) is 9.59 Å². The number of amides is 2. The number of nitrogens with zero attached hydrogens (tertiary/aromatic N) is 1. The van der Waals surface area contributed by atoms with Crippen molar-refractivity contribution in [3.8, 4) is 11.5 Å². The Morgan fingerprint density at radius 2 is 1.86 bits per heavy atom. The zero-order chi connectivity index (χ0) is 20.2. The summed E-state index contributed by atoms with van der Waals surface area (Å²) >= 11 is 0. The van der Waals surface area contributed by atoms with Crippen LogP contribution in [0, 0.1) is 12.8 Å². The molecule has 0 bridgehead atoms. The van der Waals surface area contributed by atoms with Crippen LogP contribution in [0.3, 0.4) is 0 Å². The molecule has 6 nitrogen and oxygen atoms in total. The molecule has 1 fully saturated rings. The van der Waals surface area contributed by atoms with Gasteiger partial charge >= 0.3 is 0 Å². The molecule has 1 saturated heterocycles. The van der Waals surface area contributed by atoms with E-state index in [1.165, 1.54) is 0 Å². The van der Waals surface area contributed by atoms with Crippen LogP contribution in [-0.2, 0) is 9.59 Å². The lowest BCUT2D eigenvalue weighted by Crippen LogP contribution is -2.40. The Kier molecular flexibility index (Phi) is 5.51. The van der Waals surface area contributed by atoms with Gasteiger partial charge in [0.2, 0.25) is 18.6 Å². The van der Waals surface area contributed by atoms with Gasteiger partial charge in [-0.2, -0.15) is 0 Å². The molecule has 0 atom stereocenters. The molecular weight excluding hydrogens is 368 g/mol. The minimum Gasteiger partial charge on any atom is -0.454 e. The molecule has 2 heterocycles. The Morgan fingerprint density at radius 3 is 2.66 bits per heavy atom. The van der Waals surface area contributed by atoms with Gasteiger partial charge in [0.15, 0.2) is 11.5 Å². The number of hydrogen-bond donors (Lipinski definition) is 1. The molecule has 0 radical (unpaired) electrons. The number of likely N-dealkylation sites (tertiary alicyclic amines) is 1. The van der Waals surface area contributed by atoms with E-state index in [1.54, 1.807) is 29.2 Å². The first kappa shape index (κ1) is 19.1. The SMILES string of the molecule is Cc1cccc(C=CC(=O)N2CCC(C(=O)Nc3ccc4c(c3)OCO4)CC2)c1. The molecule has 6 heteroatoms. The largest absolute Gasteiger partial charge is 0.454 e. The van der Waals surface area contributed by atoms with Crippen molar-refractivity contribution in [1.82, 2.24) is 4.90 Å². The Hall–Kier alpha value is -3.28. The molecule has 4 rings (SSSR count). The van der Waals surface area contributed by atoms with Crippen molar-refractivity contribution >= 4 is 23.6 Å². The quantitative estimate of drug-likeness (QED) is 0.807. The van der Waals surface area contributed by atoms with Gasteiger partial charge in [0.1, 0.15) is 0 Å².